The predicted octanol–water partition coefficient (Wildman–Crippen LogP) is 8.76. The lowest BCUT2D eigenvalue weighted by atomic mass is 9.90. The first-order chi connectivity index (χ1) is 30.4. The van der Waals surface area contributed by atoms with Crippen LogP contribution < -0.4 is 30.4 Å². The minimum atomic E-state index is -0.0922. The Morgan fingerprint density at radius 1 is 0.565 bits per heavy atom. The standard InChI is InChI=1S/C50H56N6O4S2/c1-34-47-41(55-26-22-53(23-27-55)20-2-4-30-59-37-16-12-35-14-18-45(57)51-39(35)32-37)8-6-10-43(47)62-50-48-42(9-7-11-44(48)61-49(34)50)56-28-24-54(25-29-56)21-3-5-31-60-38-17-13-36-15-19-46(58)52-40(36)33-38/h6-19,32-34,49-50H,2-5,20-31H2,1H3,(H,51,57)(H,52,58). The number of unbranched alkanes of at least 4 members (excludes halogenated alkanes) is 2. The Balaban J connectivity index is 0.694. The third kappa shape index (κ3) is 8.84. The Labute approximate surface area is 372 Å². The van der Waals surface area contributed by atoms with E-state index in [2.05, 4.69) is 96.4 Å². The Hall–Kier alpha value is -4.88. The van der Waals surface area contributed by atoms with Crippen LogP contribution in [0.25, 0.3) is 21.8 Å². The highest BCUT2D eigenvalue weighted by molar-refractivity contribution is 8.04. The maximum atomic E-state index is 11.7. The summed E-state index contributed by atoms with van der Waals surface area (Å²) in [5.74, 6) is 2.07. The summed E-state index contributed by atoms with van der Waals surface area (Å²) >= 11 is 4.23. The predicted molar refractivity (Wildman–Crippen MR) is 255 cm³/mol. The van der Waals surface area contributed by atoms with E-state index in [0.29, 0.717) is 29.6 Å². The van der Waals surface area contributed by atoms with Crippen LogP contribution in [0.3, 0.4) is 0 Å². The van der Waals surface area contributed by atoms with E-state index >= 15 is 0 Å². The van der Waals surface area contributed by atoms with Crippen molar-refractivity contribution in [3.63, 3.8) is 0 Å². The van der Waals surface area contributed by atoms with E-state index in [1.54, 1.807) is 23.3 Å². The summed E-state index contributed by atoms with van der Waals surface area (Å²) in [5, 5.41) is 2.99. The first-order valence-corrected chi connectivity index (χ1v) is 24.2. The minimum absolute atomic E-state index is 0.0922. The molecule has 2 fully saturated rings. The number of nitrogens with one attached hydrogen (secondary N) is 2. The van der Waals surface area contributed by atoms with Crippen LogP contribution in [0.15, 0.2) is 116 Å². The summed E-state index contributed by atoms with van der Waals surface area (Å²) in [4.78, 5) is 42.7. The van der Waals surface area contributed by atoms with Gasteiger partial charge in [0.15, 0.2) is 0 Å². The Morgan fingerprint density at radius 2 is 1.05 bits per heavy atom. The van der Waals surface area contributed by atoms with Gasteiger partial charge in [0, 0.05) is 109 Å². The second kappa shape index (κ2) is 18.5. The second-order valence-corrected chi connectivity index (χ2v) is 19.6. The fourth-order valence-corrected chi connectivity index (χ4v) is 13.2. The third-order valence-corrected chi connectivity index (χ3v) is 16.4. The van der Waals surface area contributed by atoms with Gasteiger partial charge in [-0.25, -0.2) is 0 Å². The molecular weight excluding hydrogens is 813 g/mol. The van der Waals surface area contributed by atoms with Gasteiger partial charge in [-0.1, -0.05) is 19.1 Å². The Morgan fingerprint density at radius 3 is 1.58 bits per heavy atom. The number of H-pyrrole nitrogens is 2. The van der Waals surface area contributed by atoms with Crippen LogP contribution in [0.1, 0.15) is 54.9 Å². The monoisotopic (exact) mass is 868 g/mol. The fourth-order valence-electron chi connectivity index (χ4n) is 9.85. The summed E-state index contributed by atoms with van der Waals surface area (Å²) in [6, 6.07) is 32.7. The number of anilines is 2. The van der Waals surface area contributed by atoms with Gasteiger partial charge in [-0.3, -0.25) is 19.4 Å². The van der Waals surface area contributed by atoms with E-state index < -0.39 is 0 Å². The smallest absolute Gasteiger partial charge is 0.248 e. The van der Waals surface area contributed by atoms with E-state index in [1.165, 1.54) is 21.2 Å². The first kappa shape index (κ1) is 41.1. The van der Waals surface area contributed by atoms with Gasteiger partial charge in [-0.2, -0.15) is 0 Å². The molecule has 4 aromatic carbocycles. The summed E-state index contributed by atoms with van der Waals surface area (Å²) in [7, 11) is 0. The lowest BCUT2D eigenvalue weighted by Crippen LogP contribution is -2.47. The van der Waals surface area contributed by atoms with Crippen LogP contribution in [-0.2, 0) is 0 Å². The van der Waals surface area contributed by atoms with Crippen molar-refractivity contribution in [3.8, 4) is 11.5 Å². The van der Waals surface area contributed by atoms with Crippen molar-refractivity contribution in [2.45, 2.75) is 58.8 Å². The number of aromatic nitrogens is 2. The molecular formula is C50H56N6O4S2. The van der Waals surface area contributed by atoms with Gasteiger partial charge in [0.2, 0.25) is 11.1 Å². The number of aromatic amines is 2. The number of ether oxygens (including phenoxy) is 2. The number of pyridine rings is 2. The highest BCUT2D eigenvalue weighted by Crippen LogP contribution is 2.64. The van der Waals surface area contributed by atoms with Crippen molar-refractivity contribution in [2.24, 2.45) is 0 Å². The van der Waals surface area contributed by atoms with Crippen LogP contribution in [0.4, 0.5) is 11.4 Å². The molecule has 62 heavy (non-hydrogen) atoms. The van der Waals surface area contributed by atoms with Crippen molar-refractivity contribution in [1.82, 2.24) is 19.8 Å². The molecule has 2 saturated heterocycles. The summed E-state index contributed by atoms with van der Waals surface area (Å²) in [5.41, 5.74) is 7.44. The zero-order valence-corrected chi connectivity index (χ0v) is 37.2. The van der Waals surface area contributed by atoms with Crippen molar-refractivity contribution in [1.29, 1.82) is 0 Å². The molecule has 10 rings (SSSR count). The molecule has 0 spiro atoms. The summed E-state index contributed by atoms with van der Waals surface area (Å²) in [6.07, 6.45) is 4.21. The number of fused-ring (bicyclic) bond motifs is 6. The van der Waals surface area contributed by atoms with E-state index in [1.807, 2.05) is 48.5 Å². The molecule has 10 nitrogen and oxygen atoms in total. The minimum Gasteiger partial charge on any atom is -0.494 e. The number of hydrogen-bond donors (Lipinski definition) is 2. The number of nitrogens with zero attached hydrogens (tertiary/aromatic N) is 4. The van der Waals surface area contributed by atoms with Crippen molar-refractivity contribution in [2.75, 3.05) is 88.5 Å². The molecule has 6 heterocycles. The van der Waals surface area contributed by atoms with Gasteiger partial charge in [0.05, 0.1) is 29.5 Å². The van der Waals surface area contributed by atoms with Crippen molar-refractivity contribution >= 4 is 56.7 Å². The molecule has 4 aliphatic heterocycles. The van der Waals surface area contributed by atoms with Crippen molar-refractivity contribution < 1.29 is 9.47 Å². The van der Waals surface area contributed by atoms with Crippen LogP contribution in [0.5, 0.6) is 11.5 Å². The lowest BCUT2D eigenvalue weighted by Gasteiger charge is -2.41. The van der Waals surface area contributed by atoms with Crippen LogP contribution in [-0.4, -0.2) is 104 Å². The molecule has 0 saturated carbocycles. The zero-order chi connectivity index (χ0) is 42.0. The van der Waals surface area contributed by atoms with Crippen LogP contribution in [0, 0.1) is 0 Å². The molecule has 0 bridgehead atoms. The first-order valence-electron chi connectivity index (χ1n) is 22.5. The Kier molecular flexibility index (Phi) is 12.2. The van der Waals surface area contributed by atoms with Gasteiger partial charge >= 0.3 is 0 Å². The molecule has 2 aromatic heterocycles. The van der Waals surface area contributed by atoms with Gasteiger partial charge in [0.25, 0.3) is 0 Å². The van der Waals surface area contributed by atoms with Gasteiger partial charge in [-0.15, -0.1) is 23.5 Å². The largest absolute Gasteiger partial charge is 0.494 e. The lowest BCUT2D eigenvalue weighted by molar-refractivity contribution is 0.238. The topological polar surface area (TPSA) is 97.1 Å². The van der Waals surface area contributed by atoms with E-state index in [0.717, 1.165) is 124 Å². The van der Waals surface area contributed by atoms with Gasteiger partial charge < -0.3 is 29.2 Å². The molecule has 0 aliphatic carbocycles. The Bertz CT molecular complexity index is 2650. The molecule has 0 amide bonds. The summed E-state index contributed by atoms with van der Waals surface area (Å²) in [6.45, 7) is 14.6. The molecule has 2 N–H and O–H groups in total. The van der Waals surface area contributed by atoms with Crippen LogP contribution in [0.2, 0.25) is 0 Å². The molecule has 6 aromatic rings. The van der Waals surface area contributed by atoms with E-state index in [-0.39, 0.29) is 11.1 Å². The number of benzene rings is 4. The normalized spacial score (nSPS) is 20.3. The average Bonchev–Trinajstić information content (AvgIpc) is 3.68. The maximum absolute atomic E-state index is 11.7. The highest BCUT2D eigenvalue weighted by atomic mass is 32.2. The maximum Gasteiger partial charge on any atom is 0.248 e. The molecule has 3 unspecified atom stereocenters. The van der Waals surface area contributed by atoms with Gasteiger partial charge in [0.1, 0.15) is 11.5 Å². The number of piperazine rings is 2. The van der Waals surface area contributed by atoms with E-state index in [9.17, 15) is 9.59 Å². The van der Waals surface area contributed by atoms with Crippen LogP contribution >= 0.6 is 23.5 Å². The summed E-state index contributed by atoms with van der Waals surface area (Å²) < 4.78 is 12.1. The average molecular weight is 869 g/mol. The number of rotatable bonds is 14. The molecule has 12 heteroatoms. The second-order valence-electron chi connectivity index (χ2n) is 17.2. The third-order valence-electron chi connectivity index (χ3n) is 13.2. The highest BCUT2D eigenvalue weighted by Gasteiger charge is 2.45. The SMILES string of the molecule is CC1c2c(cccc2N2CCN(CCCCOc3ccc4ccc(=O)[nH]c4c3)CC2)SC2c3c(cccc3N3CCN(CCCCOc4ccc5ccc(=O)[nH]c5c4)CC3)SC12. The van der Waals surface area contributed by atoms with Crippen molar-refractivity contribution in [3.05, 3.63) is 129 Å². The zero-order valence-electron chi connectivity index (χ0n) is 35.5. The molecule has 4 aliphatic rings. The number of hydrogen-bond acceptors (Lipinski definition) is 10. The molecule has 0 radical (unpaired) electrons. The van der Waals surface area contributed by atoms with E-state index in [4.69, 9.17) is 9.47 Å². The van der Waals surface area contributed by atoms with Gasteiger partial charge in [-0.05, 0) is 122 Å². The molecule has 3 atom stereocenters. The fraction of sp³-hybridized carbons (Fsp3) is 0.400. The quantitative estimate of drug-likeness (QED) is 0.104. The molecule has 322 valence electrons. The number of thioether (sulfide) groups is 2.